The number of anilines is 1. The number of carbonyl (C=O) groups excluding carboxylic acids is 2. The molecular weight excluding hydrogens is 460 g/mol. The number of methoxy groups -OCH3 is 2. The average molecular weight is 485 g/mol. The van der Waals surface area contributed by atoms with E-state index in [0.717, 1.165) is 0 Å². The molecule has 1 aromatic heterocycles. The van der Waals surface area contributed by atoms with Gasteiger partial charge in [0, 0.05) is 17.7 Å². The van der Waals surface area contributed by atoms with E-state index < -0.39 is 17.9 Å². The van der Waals surface area contributed by atoms with Crippen LogP contribution in [0.1, 0.15) is 24.2 Å². The van der Waals surface area contributed by atoms with Gasteiger partial charge >= 0.3 is 11.9 Å². The molecule has 1 aliphatic rings. The molecular formula is C26H24N6O4. The molecule has 3 N–H and O–H groups in total. The number of aryl methyl sites for hydroxylation is 1. The Morgan fingerprint density at radius 3 is 2.44 bits per heavy atom. The molecule has 3 aromatic rings. The number of esters is 2. The first kappa shape index (κ1) is 24.2. The molecule has 4 rings (SSSR count). The second kappa shape index (κ2) is 10.1. The Morgan fingerprint density at radius 2 is 1.83 bits per heavy atom. The average Bonchev–Trinajstić information content (AvgIpc) is 3.41. The summed E-state index contributed by atoms with van der Waals surface area (Å²) in [6, 6.07) is 17.9. The van der Waals surface area contributed by atoms with E-state index in [1.165, 1.54) is 19.1 Å². The van der Waals surface area contributed by atoms with Crippen molar-refractivity contribution >= 4 is 17.6 Å². The van der Waals surface area contributed by atoms with Gasteiger partial charge in [-0.25, -0.2) is 14.6 Å². The van der Waals surface area contributed by atoms with Crippen LogP contribution >= 0.6 is 0 Å². The number of nitrogens with zero attached hydrogens (tertiary/aromatic N) is 4. The molecule has 0 aliphatic carbocycles. The molecule has 182 valence electrons. The highest BCUT2D eigenvalue weighted by Crippen LogP contribution is 2.43. The van der Waals surface area contributed by atoms with Crippen molar-refractivity contribution in [3.63, 3.8) is 0 Å². The Bertz CT molecular complexity index is 1420. The Labute approximate surface area is 207 Å². The van der Waals surface area contributed by atoms with E-state index >= 15 is 0 Å². The molecule has 1 atom stereocenters. The minimum absolute atomic E-state index is 0.0132. The number of hydrogen-bond donors (Lipinski definition) is 2. The van der Waals surface area contributed by atoms with E-state index in [2.05, 4.69) is 21.3 Å². The van der Waals surface area contributed by atoms with E-state index in [-0.39, 0.29) is 22.7 Å². The van der Waals surface area contributed by atoms with Gasteiger partial charge in [-0.3, -0.25) is 10.00 Å². The van der Waals surface area contributed by atoms with Crippen LogP contribution in [0.15, 0.2) is 77.3 Å². The van der Waals surface area contributed by atoms with Crippen molar-refractivity contribution in [2.75, 3.05) is 19.1 Å². The van der Waals surface area contributed by atoms with Crippen LogP contribution in [-0.2, 0) is 25.5 Å². The van der Waals surface area contributed by atoms with Crippen molar-refractivity contribution in [1.29, 1.82) is 5.26 Å². The number of nitrogens with two attached hydrogens (primary N) is 1. The zero-order valence-electron chi connectivity index (χ0n) is 20.0. The van der Waals surface area contributed by atoms with Gasteiger partial charge in [-0.2, -0.15) is 10.4 Å². The summed E-state index contributed by atoms with van der Waals surface area (Å²) in [7, 11) is 2.41. The van der Waals surface area contributed by atoms with Crippen LogP contribution in [-0.4, -0.2) is 41.3 Å². The van der Waals surface area contributed by atoms with Crippen LogP contribution in [0.25, 0.3) is 11.4 Å². The fourth-order valence-corrected chi connectivity index (χ4v) is 4.15. The highest BCUT2D eigenvalue weighted by atomic mass is 16.5. The normalized spacial score (nSPS) is 15.5. The minimum Gasteiger partial charge on any atom is -0.466 e. The maximum absolute atomic E-state index is 13.2. The van der Waals surface area contributed by atoms with Crippen molar-refractivity contribution in [2.24, 2.45) is 5.73 Å². The zero-order valence-corrected chi connectivity index (χ0v) is 20.0. The van der Waals surface area contributed by atoms with Crippen molar-refractivity contribution in [2.45, 2.75) is 19.3 Å². The molecule has 0 saturated heterocycles. The number of carbonyl (C=O) groups is 2. The molecule has 10 heteroatoms. The van der Waals surface area contributed by atoms with E-state index in [9.17, 15) is 14.9 Å². The van der Waals surface area contributed by atoms with Gasteiger partial charge in [-0.15, -0.1) is 0 Å². The number of aromatic amines is 1. The van der Waals surface area contributed by atoms with E-state index in [4.69, 9.17) is 15.2 Å². The maximum Gasteiger partial charge on any atom is 0.355 e. The first-order chi connectivity index (χ1) is 17.4. The van der Waals surface area contributed by atoms with Crippen LogP contribution in [0.2, 0.25) is 0 Å². The van der Waals surface area contributed by atoms with Gasteiger partial charge in [0.05, 0.1) is 37.4 Å². The number of hydrogen-bond acceptors (Lipinski definition) is 9. The Balaban J connectivity index is 1.99. The Kier molecular flexibility index (Phi) is 6.83. The molecule has 36 heavy (non-hydrogen) atoms. The third-order valence-electron chi connectivity index (χ3n) is 5.84. The summed E-state index contributed by atoms with van der Waals surface area (Å²) >= 11 is 0. The van der Waals surface area contributed by atoms with Crippen LogP contribution in [0.4, 0.5) is 5.69 Å². The topological polar surface area (TPSA) is 147 Å². The third kappa shape index (κ3) is 4.18. The van der Waals surface area contributed by atoms with E-state index in [1.807, 2.05) is 6.92 Å². The fraction of sp³-hybridized carbons (Fsp3) is 0.192. The lowest BCUT2D eigenvalue weighted by molar-refractivity contribution is -0.139. The van der Waals surface area contributed by atoms with Gasteiger partial charge in [0.25, 0.3) is 0 Å². The molecule has 1 aliphatic heterocycles. The third-order valence-corrected chi connectivity index (χ3v) is 5.84. The summed E-state index contributed by atoms with van der Waals surface area (Å²) in [5.74, 6) is -1.38. The standard InChI is InChI=1S/C26H24N6O4/c1-4-19-29-24(31-30-19)16-11-8-12-17(13-16)32-22(26(34)36-3)21(25(33)35-2)20(18(14-27)23(32)28)15-9-6-5-7-10-15/h5-13,20H,4,28H2,1-3H3,(H,29,30,31). The quantitative estimate of drug-likeness (QED) is 0.504. The van der Waals surface area contributed by atoms with Crippen molar-refractivity contribution in [1.82, 2.24) is 15.2 Å². The van der Waals surface area contributed by atoms with Crippen molar-refractivity contribution in [3.8, 4) is 17.5 Å². The smallest absolute Gasteiger partial charge is 0.355 e. The summed E-state index contributed by atoms with van der Waals surface area (Å²) in [6.45, 7) is 1.95. The lowest BCUT2D eigenvalue weighted by atomic mass is 9.81. The highest BCUT2D eigenvalue weighted by Gasteiger charge is 2.43. The lowest BCUT2D eigenvalue weighted by Crippen LogP contribution is -2.40. The summed E-state index contributed by atoms with van der Waals surface area (Å²) in [6.07, 6.45) is 0.679. The summed E-state index contributed by atoms with van der Waals surface area (Å²) in [4.78, 5) is 32.1. The number of allylic oxidation sites excluding steroid dienone is 1. The van der Waals surface area contributed by atoms with E-state index in [1.54, 1.807) is 54.6 Å². The number of aromatic nitrogens is 3. The molecule has 1 unspecified atom stereocenters. The zero-order chi connectivity index (χ0) is 25.8. The number of nitrogens with one attached hydrogen (secondary N) is 1. The molecule has 10 nitrogen and oxygen atoms in total. The largest absolute Gasteiger partial charge is 0.466 e. The van der Waals surface area contributed by atoms with Crippen molar-refractivity contribution < 1.29 is 19.1 Å². The number of rotatable bonds is 6. The first-order valence-electron chi connectivity index (χ1n) is 11.1. The molecule has 0 radical (unpaired) electrons. The fourth-order valence-electron chi connectivity index (χ4n) is 4.15. The van der Waals surface area contributed by atoms with Crippen molar-refractivity contribution in [3.05, 3.63) is 88.6 Å². The van der Waals surface area contributed by atoms with Crippen LogP contribution in [0.3, 0.4) is 0 Å². The van der Waals surface area contributed by atoms with Gasteiger partial charge in [0.15, 0.2) is 5.82 Å². The molecule has 2 heterocycles. The van der Waals surface area contributed by atoms with Gasteiger partial charge in [0.1, 0.15) is 17.3 Å². The second-order valence-corrected chi connectivity index (χ2v) is 7.84. The molecule has 0 bridgehead atoms. The SMILES string of the molecule is CCc1nc(-c2cccc(N3C(N)=C(C#N)C(c4ccccc4)C(C(=O)OC)=C3C(=O)OC)c2)n[nH]1. The van der Waals surface area contributed by atoms with Crippen LogP contribution in [0.5, 0.6) is 0 Å². The summed E-state index contributed by atoms with van der Waals surface area (Å²) in [5.41, 5.74) is 8.09. The van der Waals surface area contributed by atoms with E-state index in [0.29, 0.717) is 34.9 Å². The summed E-state index contributed by atoms with van der Waals surface area (Å²) < 4.78 is 10.1. The van der Waals surface area contributed by atoms with Crippen LogP contribution < -0.4 is 10.6 Å². The Morgan fingerprint density at radius 1 is 1.11 bits per heavy atom. The monoisotopic (exact) mass is 484 g/mol. The first-order valence-corrected chi connectivity index (χ1v) is 11.1. The predicted octanol–water partition coefficient (Wildman–Crippen LogP) is 2.93. The molecule has 0 saturated carbocycles. The molecule has 0 spiro atoms. The number of benzene rings is 2. The number of ether oxygens (including phenoxy) is 2. The second-order valence-electron chi connectivity index (χ2n) is 7.84. The predicted molar refractivity (Wildman–Crippen MR) is 131 cm³/mol. The van der Waals surface area contributed by atoms with Gasteiger partial charge in [0.2, 0.25) is 0 Å². The molecule has 2 aromatic carbocycles. The maximum atomic E-state index is 13.2. The number of H-pyrrole nitrogens is 1. The van der Waals surface area contributed by atoms with Gasteiger partial charge in [-0.1, -0.05) is 49.4 Å². The highest BCUT2D eigenvalue weighted by molar-refractivity contribution is 6.06. The van der Waals surface area contributed by atoms with Crippen LogP contribution in [0, 0.1) is 11.3 Å². The van der Waals surface area contributed by atoms with Gasteiger partial charge in [-0.05, 0) is 17.7 Å². The molecule has 0 fully saturated rings. The number of nitriles is 1. The summed E-state index contributed by atoms with van der Waals surface area (Å²) in [5, 5.41) is 17.3. The molecule has 0 amide bonds. The minimum atomic E-state index is -0.933. The van der Waals surface area contributed by atoms with Gasteiger partial charge < -0.3 is 15.2 Å². The Hall–Kier alpha value is -4.91. The lowest BCUT2D eigenvalue weighted by Gasteiger charge is -2.36.